The Hall–Kier alpha value is -4.43. The average Bonchev–Trinajstić information content (AvgIpc) is 3.69. The maximum Gasteiger partial charge on any atom is 0.410 e. The van der Waals surface area contributed by atoms with Crippen molar-refractivity contribution in [2.75, 3.05) is 32.7 Å². The molecular weight excluding hydrogens is 562 g/mol. The van der Waals surface area contributed by atoms with Gasteiger partial charge in [-0.2, -0.15) is 0 Å². The van der Waals surface area contributed by atoms with Gasteiger partial charge in [0.05, 0.1) is 18.1 Å². The number of carbonyl (C=O) groups excluding carboxylic acids is 2. The molecule has 2 saturated heterocycles. The first-order valence-corrected chi connectivity index (χ1v) is 16.0. The van der Waals surface area contributed by atoms with E-state index in [0.717, 1.165) is 42.9 Å². The molecule has 2 amide bonds. The zero-order chi connectivity index (χ0) is 31.4. The molecular formula is C37H43N5O3. The zero-order valence-corrected chi connectivity index (χ0v) is 26.5. The van der Waals surface area contributed by atoms with Crippen molar-refractivity contribution < 1.29 is 14.3 Å². The number of likely N-dealkylation sites (tertiary alicyclic amines) is 1. The third-order valence-corrected chi connectivity index (χ3v) is 8.64. The Labute approximate surface area is 266 Å². The lowest BCUT2D eigenvalue weighted by Crippen LogP contribution is -2.58. The average molecular weight is 606 g/mol. The molecule has 2 aliphatic heterocycles. The molecule has 45 heavy (non-hydrogen) atoms. The molecule has 0 spiro atoms. The molecule has 1 aromatic heterocycles. The second-order valence-electron chi connectivity index (χ2n) is 13.1. The number of aromatic nitrogens is 2. The summed E-state index contributed by atoms with van der Waals surface area (Å²) in [7, 11) is 0. The van der Waals surface area contributed by atoms with Crippen LogP contribution >= 0.6 is 0 Å². The Morgan fingerprint density at radius 1 is 0.822 bits per heavy atom. The van der Waals surface area contributed by atoms with Crippen LogP contribution in [0.3, 0.4) is 0 Å². The molecule has 6 rings (SSSR count). The standard InChI is InChI=1S/C37H43N5O3/c1-37(2,3)45-36(44)40-21-22-41(32(26-40)23-28-13-7-4-8-14-28)35(43)33-34(30-17-11-6-12-18-30)42(27-38-33)31-19-20-39(25-31)24-29-15-9-5-10-16-29/h4-18,27,31-32H,19-26H2,1-3H3/t31-,32+/m0/s1. The highest BCUT2D eigenvalue weighted by molar-refractivity contribution is 5.98. The highest BCUT2D eigenvalue weighted by Gasteiger charge is 2.37. The lowest BCUT2D eigenvalue weighted by molar-refractivity contribution is 0.00429. The minimum Gasteiger partial charge on any atom is -0.444 e. The maximum absolute atomic E-state index is 14.5. The first kappa shape index (κ1) is 30.6. The van der Waals surface area contributed by atoms with Gasteiger partial charge in [-0.25, -0.2) is 9.78 Å². The van der Waals surface area contributed by atoms with Gasteiger partial charge >= 0.3 is 6.09 Å². The summed E-state index contributed by atoms with van der Waals surface area (Å²) in [5.74, 6) is -0.100. The van der Waals surface area contributed by atoms with Crippen LogP contribution in [-0.2, 0) is 17.7 Å². The first-order valence-electron chi connectivity index (χ1n) is 16.0. The Balaban J connectivity index is 1.28. The highest BCUT2D eigenvalue weighted by Crippen LogP contribution is 2.33. The van der Waals surface area contributed by atoms with Crippen molar-refractivity contribution in [2.24, 2.45) is 0 Å². The van der Waals surface area contributed by atoms with Gasteiger partial charge in [0.1, 0.15) is 5.60 Å². The number of hydrogen-bond acceptors (Lipinski definition) is 5. The summed E-state index contributed by atoms with van der Waals surface area (Å²) in [6, 6.07) is 30.8. The highest BCUT2D eigenvalue weighted by atomic mass is 16.6. The zero-order valence-electron chi connectivity index (χ0n) is 26.5. The third kappa shape index (κ3) is 7.28. The van der Waals surface area contributed by atoms with Crippen molar-refractivity contribution in [1.82, 2.24) is 24.3 Å². The van der Waals surface area contributed by atoms with Crippen LogP contribution in [0.5, 0.6) is 0 Å². The van der Waals surface area contributed by atoms with Crippen molar-refractivity contribution in [2.45, 2.75) is 57.8 Å². The largest absolute Gasteiger partial charge is 0.444 e. The van der Waals surface area contributed by atoms with E-state index in [-0.39, 0.29) is 24.1 Å². The van der Waals surface area contributed by atoms with Gasteiger partial charge in [-0.1, -0.05) is 91.0 Å². The predicted molar refractivity (Wildman–Crippen MR) is 176 cm³/mol. The molecule has 0 bridgehead atoms. The van der Waals surface area contributed by atoms with Crippen molar-refractivity contribution in [3.8, 4) is 11.3 Å². The monoisotopic (exact) mass is 605 g/mol. The molecule has 0 N–H and O–H groups in total. The van der Waals surface area contributed by atoms with E-state index in [4.69, 9.17) is 9.72 Å². The normalized spacial score (nSPS) is 19.1. The molecule has 8 heteroatoms. The lowest BCUT2D eigenvalue weighted by atomic mass is 10.0. The Bertz CT molecular complexity index is 1580. The quantitative estimate of drug-likeness (QED) is 0.247. The molecule has 3 aromatic carbocycles. The summed E-state index contributed by atoms with van der Waals surface area (Å²) in [5.41, 5.74) is 4.13. The number of rotatable bonds is 7. The fourth-order valence-corrected chi connectivity index (χ4v) is 6.51. The van der Waals surface area contributed by atoms with Gasteiger partial charge in [0, 0.05) is 50.9 Å². The van der Waals surface area contributed by atoms with E-state index in [2.05, 4.69) is 58.0 Å². The number of piperazine rings is 1. The van der Waals surface area contributed by atoms with E-state index in [1.54, 1.807) is 4.90 Å². The number of ether oxygens (including phenoxy) is 1. The van der Waals surface area contributed by atoms with E-state index >= 15 is 0 Å². The van der Waals surface area contributed by atoms with Gasteiger partial charge in [0.25, 0.3) is 5.91 Å². The summed E-state index contributed by atoms with van der Waals surface area (Å²) in [4.78, 5) is 38.6. The predicted octanol–water partition coefficient (Wildman–Crippen LogP) is 6.30. The van der Waals surface area contributed by atoms with Gasteiger partial charge in [-0.15, -0.1) is 0 Å². The fourth-order valence-electron chi connectivity index (χ4n) is 6.51. The number of hydrogen-bond donors (Lipinski definition) is 0. The smallest absolute Gasteiger partial charge is 0.410 e. The molecule has 0 unspecified atom stereocenters. The van der Waals surface area contributed by atoms with Crippen LogP contribution in [-0.4, -0.2) is 80.6 Å². The molecule has 0 radical (unpaired) electrons. The summed E-state index contributed by atoms with van der Waals surface area (Å²) in [6.45, 7) is 9.62. The second kappa shape index (κ2) is 13.3. The Morgan fingerprint density at radius 2 is 1.47 bits per heavy atom. The van der Waals surface area contributed by atoms with Crippen LogP contribution in [0.1, 0.15) is 54.8 Å². The van der Waals surface area contributed by atoms with Gasteiger partial charge in [-0.05, 0) is 44.7 Å². The van der Waals surface area contributed by atoms with Gasteiger partial charge < -0.3 is 19.1 Å². The van der Waals surface area contributed by atoms with Crippen molar-refractivity contribution in [3.63, 3.8) is 0 Å². The van der Waals surface area contributed by atoms with E-state index < -0.39 is 5.60 Å². The van der Waals surface area contributed by atoms with E-state index in [0.29, 0.717) is 31.7 Å². The van der Waals surface area contributed by atoms with E-state index in [1.807, 2.05) is 74.5 Å². The molecule has 2 atom stereocenters. The number of amides is 2. The van der Waals surface area contributed by atoms with Gasteiger partial charge in [0.15, 0.2) is 5.69 Å². The Kier molecular flexibility index (Phi) is 9.03. The molecule has 2 aliphatic rings. The third-order valence-electron chi connectivity index (χ3n) is 8.64. The molecule has 3 heterocycles. The first-order chi connectivity index (χ1) is 21.7. The molecule has 0 aliphatic carbocycles. The number of nitrogens with zero attached hydrogens (tertiary/aromatic N) is 5. The summed E-state index contributed by atoms with van der Waals surface area (Å²) >= 11 is 0. The number of carbonyl (C=O) groups is 2. The maximum atomic E-state index is 14.5. The molecule has 0 saturated carbocycles. The molecule has 234 valence electrons. The Morgan fingerprint density at radius 3 is 2.13 bits per heavy atom. The summed E-state index contributed by atoms with van der Waals surface area (Å²) in [6.07, 6.45) is 3.13. The molecule has 2 fully saturated rings. The van der Waals surface area contributed by atoms with Crippen LogP contribution in [0.2, 0.25) is 0 Å². The molecule has 4 aromatic rings. The van der Waals surface area contributed by atoms with Crippen LogP contribution < -0.4 is 0 Å². The summed E-state index contributed by atoms with van der Waals surface area (Å²) < 4.78 is 7.92. The van der Waals surface area contributed by atoms with Crippen LogP contribution in [0.4, 0.5) is 4.79 Å². The number of imidazole rings is 1. The minimum absolute atomic E-state index is 0.100. The minimum atomic E-state index is -0.590. The van der Waals surface area contributed by atoms with Crippen LogP contribution in [0.25, 0.3) is 11.3 Å². The van der Waals surface area contributed by atoms with Crippen molar-refractivity contribution >= 4 is 12.0 Å². The fraction of sp³-hybridized carbons (Fsp3) is 0.378. The van der Waals surface area contributed by atoms with Gasteiger partial charge in [-0.3, -0.25) is 9.69 Å². The van der Waals surface area contributed by atoms with Crippen molar-refractivity contribution in [3.05, 3.63) is 114 Å². The summed E-state index contributed by atoms with van der Waals surface area (Å²) in [5, 5.41) is 0. The SMILES string of the molecule is CC(C)(C)OC(=O)N1CCN(C(=O)c2ncn([C@H]3CCN(Cc4ccccc4)C3)c2-c2ccccc2)[C@H](Cc2ccccc2)C1. The molecule has 8 nitrogen and oxygen atoms in total. The van der Waals surface area contributed by atoms with Crippen molar-refractivity contribution in [1.29, 1.82) is 0 Å². The van der Waals surface area contributed by atoms with Crippen LogP contribution in [0, 0.1) is 0 Å². The van der Waals surface area contributed by atoms with Crippen LogP contribution in [0.15, 0.2) is 97.3 Å². The number of benzene rings is 3. The topological polar surface area (TPSA) is 70.9 Å². The lowest BCUT2D eigenvalue weighted by Gasteiger charge is -2.41. The van der Waals surface area contributed by atoms with E-state index in [9.17, 15) is 9.59 Å². The van der Waals surface area contributed by atoms with Gasteiger partial charge in [0.2, 0.25) is 0 Å². The second-order valence-corrected chi connectivity index (χ2v) is 13.1. The van der Waals surface area contributed by atoms with E-state index in [1.165, 1.54) is 5.56 Å².